The van der Waals surface area contributed by atoms with E-state index in [-0.39, 0.29) is 0 Å². The highest BCUT2D eigenvalue weighted by Gasteiger charge is 2.18. The SMILES string of the molecule is CCN(CC)c1ccc(Nc2nc(N3CCCC3)c3ccccc3n2)cc1. The van der Waals surface area contributed by atoms with Gasteiger partial charge >= 0.3 is 0 Å². The van der Waals surface area contributed by atoms with Gasteiger partial charge in [0.1, 0.15) is 5.82 Å². The van der Waals surface area contributed by atoms with Crippen LogP contribution in [0.5, 0.6) is 0 Å². The molecule has 1 aliphatic heterocycles. The summed E-state index contributed by atoms with van der Waals surface area (Å²) in [5.41, 5.74) is 3.23. The number of benzene rings is 2. The highest BCUT2D eigenvalue weighted by Crippen LogP contribution is 2.29. The molecule has 4 rings (SSSR count). The van der Waals surface area contributed by atoms with Gasteiger partial charge in [-0.05, 0) is 63.1 Å². The van der Waals surface area contributed by atoms with Crippen LogP contribution in [-0.4, -0.2) is 36.1 Å². The lowest BCUT2D eigenvalue weighted by Gasteiger charge is -2.21. The summed E-state index contributed by atoms with van der Waals surface area (Å²) in [6, 6.07) is 16.8. The topological polar surface area (TPSA) is 44.3 Å². The minimum absolute atomic E-state index is 0.659. The predicted octanol–water partition coefficient (Wildman–Crippen LogP) is 4.82. The molecule has 1 saturated heterocycles. The fourth-order valence-electron chi connectivity index (χ4n) is 3.76. The van der Waals surface area contributed by atoms with Crippen LogP contribution in [0.1, 0.15) is 26.7 Å². The lowest BCUT2D eigenvalue weighted by atomic mass is 10.2. The summed E-state index contributed by atoms with van der Waals surface area (Å²) in [5.74, 6) is 1.70. The Balaban J connectivity index is 1.64. The molecule has 0 atom stereocenters. The number of nitrogens with one attached hydrogen (secondary N) is 1. The molecule has 5 heteroatoms. The standard InChI is InChI=1S/C22H27N5/c1-3-26(4-2)18-13-11-17(12-14-18)23-22-24-20-10-6-5-9-19(20)21(25-22)27-15-7-8-16-27/h5-6,9-14H,3-4,7-8,15-16H2,1-2H3,(H,23,24,25). The summed E-state index contributed by atoms with van der Waals surface area (Å²) in [6.45, 7) is 8.52. The third-order valence-electron chi connectivity index (χ3n) is 5.24. The van der Waals surface area contributed by atoms with E-state index >= 15 is 0 Å². The van der Waals surface area contributed by atoms with Gasteiger partial charge in [0.05, 0.1) is 5.52 Å². The zero-order chi connectivity index (χ0) is 18.6. The zero-order valence-electron chi connectivity index (χ0n) is 16.2. The van der Waals surface area contributed by atoms with Crippen molar-refractivity contribution in [2.75, 3.05) is 41.3 Å². The Kier molecular flexibility index (Phi) is 5.10. The van der Waals surface area contributed by atoms with Crippen LogP contribution in [0.15, 0.2) is 48.5 Å². The van der Waals surface area contributed by atoms with Crippen LogP contribution >= 0.6 is 0 Å². The van der Waals surface area contributed by atoms with Crippen molar-refractivity contribution in [1.29, 1.82) is 0 Å². The maximum Gasteiger partial charge on any atom is 0.229 e. The molecule has 0 spiro atoms. The molecule has 2 aromatic carbocycles. The van der Waals surface area contributed by atoms with E-state index in [4.69, 9.17) is 9.97 Å². The average Bonchev–Trinajstić information content (AvgIpc) is 3.24. The molecule has 0 aliphatic carbocycles. The van der Waals surface area contributed by atoms with E-state index in [0.29, 0.717) is 5.95 Å². The van der Waals surface area contributed by atoms with Crippen molar-refractivity contribution >= 4 is 34.0 Å². The van der Waals surface area contributed by atoms with Crippen molar-refractivity contribution in [3.8, 4) is 0 Å². The van der Waals surface area contributed by atoms with E-state index in [1.807, 2.05) is 6.07 Å². The maximum absolute atomic E-state index is 4.86. The highest BCUT2D eigenvalue weighted by atomic mass is 15.2. The molecular weight excluding hydrogens is 334 g/mol. The minimum Gasteiger partial charge on any atom is -0.372 e. The number of aromatic nitrogens is 2. The number of nitrogens with zero attached hydrogens (tertiary/aromatic N) is 4. The summed E-state index contributed by atoms with van der Waals surface area (Å²) in [6.07, 6.45) is 2.46. The fraction of sp³-hybridized carbons (Fsp3) is 0.364. The second-order valence-electron chi connectivity index (χ2n) is 6.93. The number of anilines is 4. The smallest absolute Gasteiger partial charge is 0.229 e. The molecule has 3 aromatic rings. The number of hydrogen-bond acceptors (Lipinski definition) is 5. The molecule has 1 fully saturated rings. The molecule has 1 N–H and O–H groups in total. The Morgan fingerprint density at radius 3 is 2.33 bits per heavy atom. The second-order valence-corrected chi connectivity index (χ2v) is 6.93. The normalized spacial score (nSPS) is 13.9. The Morgan fingerprint density at radius 1 is 0.926 bits per heavy atom. The van der Waals surface area contributed by atoms with E-state index in [2.05, 4.69) is 71.4 Å². The van der Waals surface area contributed by atoms with Crippen LogP contribution < -0.4 is 15.1 Å². The van der Waals surface area contributed by atoms with Gasteiger partial charge in [0, 0.05) is 42.9 Å². The van der Waals surface area contributed by atoms with Gasteiger partial charge in [-0.25, -0.2) is 4.98 Å². The first-order chi connectivity index (χ1) is 13.3. The number of rotatable bonds is 6. The van der Waals surface area contributed by atoms with E-state index < -0.39 is 0 Å². The molecule has 0 radical (unpaired) electrons. The molecule has 140 valence electrons. The van der Waals surface area contributed by atoms with Crippen LogP contribution in [0.3, 0.4) is 0 Å². The number of fused-ring (bicyclic) bond motifs is 1. The number of hydrogen-bond donors (Lipinski definition) is 1. The summed E-state index contributed by atoms with van der Waals surface area (Å²) in [4.78, 5) is 14.3. The molecule has 0 saturated carbocycles. The highest BCUT2D eigenvalue weighted by molar-refractivity contribution is 5.90. The maximum atomic E-state index is 4.86. The molecule has 0 amide bonds. The van der Waals surface area contributed by atoms with Crippen LogP contribution in [0, 0.1) is 0 Å². The monoisotopic (exact) mass is 361 g/mol. The van der Waals surface area contributed by atoms with Crippen LogP contribution in [0.25, 0.3) is 10.9 Å². The van der Waals surface area contributed by atoms with Gasteiger partial charge in [-0.15, -0.1) is 0 Å². The van der Waals surface area contributed by atoms with Gasteiger partial charge in [0.2, 0.25) is 5.95 Å². The predicted molar refractivity (Wildman–Crippen MR) is 114 cm³/mol. The Labute approximate surface area is 161 Å². The first-order valence-electron chi connectivity index (χ1n) is 9.92. The van der Waals surface area contributed by atoms with Crippen molar-refractivity contribution in [3.05, 3.63) is 48.5 Å². The van der Waals surface area contributed by atoms with Gasteiger partial charge in [0.25, 0.3) is 0 Å². The van der Waals surface area contributed by atoms with Gasteiger partial charge in [0.15, 0.2) is 0 Å². The van der Waals surface area contributed by atoms with E-state index in [9.17, 15) is 0 Å². The van der Waals surface area contributed by atoms with Crippen LogP contribution in [-0.2, 0) is 0 Å². The third kappa shape index (κ3) is 3.68. The molecule has 2 heterocycles. The van der Waals surface area contributed by atoms with Crippen molar-refractivity contribution < 1.29 is 0 Å². The molecule has 1 aromatic heterocycles. The van der Waals surface area contributed by atoms with Crippen molar-refractivity contribution in [3.63, 3.8) is 0 Å². The lowest BCUT2D eigenvalue weighted by molar-refractivity contribution is 0.866. The fourth-order valence-corrected chi connectivity index (χ4v) is 3.76. The van der Waals surface area contributed by atoms with Gasteiger partial charge in [-0.3, -0.25) is 0 Å². The lowest BCUT2D eigenvalue weighted by Crippen LogP contribution is -2.21. The summed E-state index contributed by atoms with van der Waals surface area (Å²) in [7, 11) is 0. The van der Waals surface area contributed by atoms with Gasteiger partial charge in [-0.1, -0.05) is 12.1 Å². The van der Waals surface area contributed by atoms with Gasteiger partial charge < -0.3 is 15.1 Å². The van der Waals surface area contributed by atoms with E-state index in [1.165, 1.54) is 18.5 Å². The van der Waals surface area contributed by atoms with Crippen molar-refractivity contribution in [2.24, 2.45) is 0 Å². The third-order valence-corrected chi connectivity index (χ3v) is 5.24. The largest absolute Gasteiger partial charge is 0.372 e. The zero-order valence-corrected chi connectivity index (χ0v) is 16.2. The number of para-hydroxylation sites is 1. The molecule has 1 aliphatic rings. The first-order valence-corrected chi connectivity index (χ1v) is 9.92. The summed E-state index contributed by atoms with van der Waals surface area (Å²) in [5, 5.41) is 4.52. The van der Waals surface area contributed by atoms with Crippen LogP contribution in [0.2, 0.25) is 0 Å². The van der Waals surface area contributed by atoms with E-state index in [0.717, 1.165) is 48.6 Å². The average molecular weight is 361 g/mol. The van der Waals surface area contributed by atoms with Gasteiger partial charge in [-0.2, -0.15) is 4.98 Å². The summed E-state index contributed by atoms with van der Waals surface area (Å²) < 4.78 is 0. The van der Waals surface area contributed by atoms with E-state index in [1.54, 1.807) is 0 Å². The second kappa shape index (κ2) is 7.82. The molecule has 0 bridgehead atoms. The summed E-state index contributed by atoms with van der Waals surface area (Å²) >= 11 is 0. The molecule has 0 unspecified atom stereocenters. The molecule has 27 heavy (non-hydrogen) atoms. The molecule has 5 nitrogen and oxygen atoms in total. The Bertz CT molecular complexity index is 896. The molecular formula is C22H27N5. The van der Waals surface area contributed by atoms with Crippen molar-refractivity contribution in [1.82, 2.24) is 9.97 Å². The Morgan fingerprint density at radius 2 is 1.63 bits per heavy atom. The first kappa shape index (κ1) is 17.6. The minimum atomic E-state index is 0.659. The van der Waals surface area contributed by atoms with Crippen molar-refractivity contribution in [2.45, 2.75) is 26.7 Å². The quantitative estimate of drug-likeness (QED) is 0.682. The van der Waals surface area contributed by atoms with Crippen LogP contribution in [0.4, 0.5) is 23.1 Å². The Hall–Kier alpha value is -2.82.